The maximum Gasteiger partial charge on any atom is 0.336 e. The molecule has 0 aliphatic heterocycles. The van der Waals surface area contributed by atoms with Crippen molar-refractivity contribution in [1.29, 1.82) is 0 Å². The van der Waals surface area contributed by atoms with E-state index < -0.39 is 75.5 Å². The molecule has 0 radical (unpaired) electrons. The van der Waals surface area contributed by atoms with Crippen LogP contribution in [0.25, 0.3) is 16.3 Å². The molecule has 0 aromatic heterocycles. The number of terminal acetylenes is 3. The van der Waals surface area contributed by atoms with E-state index in [1.54, 1.807) is 0 Å². The summed E-state index contributed by atoms with van der Waals surface area (Å²) in [5, 5.41) is 39.0. The van der Waals surface area contributed by atoms with E-state index in [-0.39, 0.29) is 39.0 Å². The number of aromatic carboxylic acids is 2. The summed E-state index contributed by atoms with van der Waals surface area (Å²) in [6.45, 7) is 0. The number of rotatable bonds is 9. The highest BCUT2D eigenvalue weighted by Crippen LogP contribution is 2.43. The molecule has 0 heterocycles. The van der Waals surface area contributed by atoms with Gasteiger partial charge in [-0.25, -0.2) is 14.4 Å². The number of carbonyl (C=O) groups excluding carboxylic acids is 3. The van der Waals surface area contributed by atoms with E-state index >= 15 is 0 Å². The zero-order valence-corrected chi connectivity index (χ0v) is 28.3. The largest absolute Gasteiger partial charge is 0.478 e. The fraction of sp³-hybridized carbons (Fsp3) is 0.0233. The molecule has 5 aromatic carbocycles. The number of amides is 3. The fourth-order valence-electron chi connectivity index (χ4n) is 6.30. The summed E-state index contributed by atoms with van der Waals surface area (Å²) in [5.74, 6) is -0.543. The highest BCUT2D eigenvalue weighted by atomic mass is 16.4. The normalized spacial score (nSPS) is 11.4. The van der Waals surface area contributed by atoms with Crippen molar-refractivity contribution in [2.75, 3.05) is 16.0 Å². The lowest BCUT2D eigenvalue weighted by Gasteiger charge is -2.26. The first-order valence-corrected chi connectivity index (χ1v) is 16.1. The molecule has 266 valence electrons. The minimum absolute atomic E-state index is 0.155. The Morgan fingerprint density at radius 2 is 0.982 bits per heavy atom. The predicted octanol–water partition coefficient (Wildman–Crippen LogP) is 5.72. The molecule has 55 heavy (non-hydrogen) atoms. The van der Waals surface area contributed by atoms with Crippen LogP contribution < -0.4 is 16.0 Å². The number of hydrogen-bond acceptors (Lipinski definition) is 6. The van der Waals surface area contributed by atoms with Crippen molar-refractivity contribution in [2.45, 2.75) is 6.42 Å². The standard InChI is InChI=1S/C43H25N3O9/c1-4-22-7-13-25(14-8-22)44-38(47)31-19-28-34-29(36(31)42(52)53)20-32(39(48)45-26-15-9-23(5-2)10-16-26)37(43(54)55)30(34)21-33(41(50)51)35(28)40(49)46-27-17-11-24(6-3)12-18-27/h1-3,7-19,21H,20H2,(H,44,47)(H,45,48)(H,46,49)(H,50,51)(H,52,53)(H,54,55). The second-order valence-corrected chi connectivity index (χ2v) is 12.0. The van der Waals surface area contributed by atoms with Crippen LogP contribution in [0.15, 0.2) is 90.5 Å². The first-order chi connectivity index (χ1) is 26.3. The monoisotopic (exact) mass is 727 g/mol. The molecule has 0 bridgehead atoms. The summed E-state index contributed by atoms with van der Waals surface area (Å²) in [6, 6.07) is 20.0. The summed E-state index contributed by atoms with van der Waals surface area (Å²) in [5.41, 5.74) is -1.87. The van der Waals surface area contributed by atoms with Crippen molar-refractivity contribution in [3.05, 3.63) is 141 Å². The molecular weight excluding hydrogens is 702 g/mol. The van der Waals surface area contributed by atoms with Crippen LogP contribution in [0, 0.1) is 37.0 Å². The predicted molar refractivity (Wildman–Crippen MR) is 204 cm³/mol. The SMILES string of the molecule is C#Cc1ccc(NC(=O)C2=C(C(=O)O)c3cc(C(=O)O)c(C(=O)Nc4ccc(C#C)cc4)c4cc(C(=O)Nc5ccc(C#C)cc5)c(C(=O)O)c(c34)C2)cc1. The lowest BCUT2D eigenvalue weighted by Crippen LogP contribution is -2.27. The molecule has 0 fully saturated rings. The van der Waals surface area contributed by atoms with Gasteiger partial charge in [0.15, 0.2) is 0 Å². The molecule has 0 unspecified atom stereocenters. The molecule has 5 aromatic rings. The van der Waals surface area contributed by atoms with Gasteiger partial charge < -0.3 is 31.3 Å². The van der Waals surface area contributed by atoms with E-state index in [4.69, 9.17) is 19.3 Å². The van der Waals surface area contributed by atoms with Gasteiger partial charge in [-0.1, -0.05) is 17.8 Å². The number of benzene rings is 5. The minimum atomic E-state index is -1.66. The van der Waals surface area contributed by atoms with Crippen LogP contribution in [0.4, 0.5) is 17.1 Å². The first kappa shape index (κ1) is 36.4. The average molecular weight is 728 g/mol. The van der Waals surface area contributed by atoms with Crippen LogP contribution in [0.1, 0.15) is 69.2 Å². The molecule has 6 N–H and O–H groups in total. The lowest BCUT2D eigenvalue weighted by molar-refractivity contribution is -0.130. The van der Waals surface area contributed by atoms with Crippen LogP contribution in [0.2, 0.25) is 0 Å². The Morgan fingerprint density at radius 3 is 1.40 bits per heavy atom. The van der Waals surface area contributed by atoms with Gasteiger partial charge in [0.2, 0.25) is 0 Å². The van der Waals surface area contributed by atoms with Gasteiger partial charge in [0, 0.05) is 45.7 Å². The number of anilines is 3. The Kier molecular flexibility index (Phi) is 9.72. The van der Waals surface area contributed by atoms with Crippen LogP contribution in [0.3, 0.4) is 0 Å². The van der Waals surface area contributed by atoms with E-state index in [9.17, 15) is 44.1 Å². The van der Waals surface area contributed by atoms with Gasteiger partial charge in [0.25, 0.3) is 17.7 Å². The van der Waals surface area contributed by atoms with E-state index in [0.717, 1.165) is 12.1 Å². The highest BCUT2D eigenvalue weighted by Gasteiger charge is 2.37. The zero-order valence-electron chi connectivity index (χ0n) is 28.3. The minimum Gasteiger partial charge on any atom is -0.478 e. The van der Waals surface area contributed by atoms with Gasteiger partial charge in [-0.15, -0.1) is 19.3 Å². The van der Waals surface area contributed by atoms with Gasteiger partial charge in [0.05, 0.1) is 27.8 Å². The second kappa shape index (κ2) is 14.7. The number of carbonyl (C=O) groups is 6. The number of carboxylic acid groups (broad SMARTS) is 3. The van der Waals surface area contributed by atoms with E-state index in [1.165, 1.54) is 72.8 Å². The quantitative estimate of drug-likeness (QED) is 0.103. The molecule has 12 nitrogen and oxygen atoms in total. The van der Waals surface area contributed by atoms with Crippen LogP contribution >= 0.6 is 0 Å². The summed E-state index contributed by atoms with van der Waals surface area (Å²) < 4.78 is 0. The highest BCUT2D eigenvalue weighted by molar-refractivity contribution is 6.32. The number of hydrogen-bond donors (Lipinski definition) is 6. The molecule has 12 heteroatoms. The Hall–Kier alpha value is -8.40. The average Bonchev–Trinajstić information content (AvgIpc) is 3.17. The number of carboxylic acids is 3. The van der Waals surface area contributed by atoms with Gasteiger partial charge in [-0.3, -0.25) is 14.4 Å². The molecular formula is C43H25N3O9. The van der Waals surface area contributed by atoms with Crippen LogP contribution in [0.5, 0.6) is 0 Å². The van der Waals surface area contributed by atoms with Crippen molar-refractivity contribution >= 4 is 69.0 Å². The van der Waals surface area contributed by atoms with Crippen LogP contribution in [-0.4, -0.2) is 50.9 Å². The smallest absolute Gasteiger partial charge is 0.336 e. The third-order valence-corrected chi connectivity index (χ3v) is 8.78. The number of nitrogens with one attached hydrogen (secondary N) is 3. The summed E-state index contributed by atoms with van der Waals surface area (Å²) in [6.07, 6.45) is 15.6. The van der Waals surface area contributed by atoms with Crippen molar-refractivity contribution in [2.24, 2.45) is 0 Å². The number of aliphatic carboxylic acids is 1. The van der Waals surface area contributed by atoms with Gasteiger partial charge in [-0.2, -0.15) is 0 Å². The Balaban J connectivity index is 1.64. The van der Waals surface area contributed by atoms with Crippen LogP contribution in [-0.2, 0) is 16.0 Å². The Morgan fingerprint density at radius 1 is 0.527 bits per heavy atom. The van der Waals surface area contributed by atoms with Crippen molar-refractivity contribution in [3.8, 4) is 37.0 Å². The zero-order chi connectivity index (χ0) is 39.6. The molecule has 6 rings (SSSR count). The third-order valence-electron chi connectivity index (χ3n) is 8.78. The van der Waals surface area contributed by atoms with E-state index in [0.29, 0.717) is 16.7 Å². The fourth-order valence-corrected chi connectivity index (χ4v) is 6.30. The lowest BCUT2D eigenvalue weighted by atomic mass is 9.77. The first-order valence-electron chi connectivity index (χ1n) is 16.1. The van der Waals surface area contributed by atoms with Crippen molar-refractivity contribution in [3.63, 3.8) is 0 Å². The second-order valence-electron chi connectivity index (χ2n) is 12.0. The summed E-state index contributed by atoms with van der Waals surface area (Å²) in [7, 11) is 0. The molecule has 1 aliphatic carbocycles. The van der Waals surface area contributed by atoms with Gasteiger partial charge in [-0.05, 0) is 107 Å². The molecule has 0 saturated heterocycles. The summed E-state index contributed by atoms with van der Waals surface area (Å²) in [4.78, 5) is 81.0. The molecule has 0 atom stereocenters. The maximum atomic E-state index is 14.1. The van der Waals surface area contributed by atoms with E-state index in [2.05, 4.69) is 33.7 Å². The maximum absolute atomic E-state index is 14.1. The summed E-state index contributed by atoms with van der Waals surface area (Å²) >= 11 is 0. The van der Waals surface area contributed by atoms with Gasteiger partial charge >= 0.3 is 17.9 Å². The molecule has 0 spiro atoms. The third kappa shape index (κ3) is 6.96. The molecule has 0 saturated carbocycles. The topological polar surface area (TPSA) is 199 Å². The molecule has 3 amide bonds. The Labute approximate surface area is 312 Å². The van der Waals surface area contributed by atoms with E-state index in [1.807, 2.05) is 0 Å². The van der Waals surface area contributed by atoms with Crippen molar-refractivity contribution in [1.82, 2.24) is 0 Å². The Bertz CT molecular complexity index is 2690. The van der Waals surface area contributed by atoms with Gasteiger partial charge in [0.1, 0.15) is 0 Å². The molecule has 1 aliphatic rings. The van der Waals surface area contributed by atoms with Crippen molar-refractivity contribution < 1.29 is 44.1 Å².